The van der Waals surface area contributed by atoms with Gasteiger partial charge in [-0.2, -0.15) is 0 Å². The molecule has 1 aromatic carbocycles. The Hall–Kier alpha value is -6.55. The van der Waals surface area contributed by atoms with Crippen molar-refractivity contribution in [1.82, 2.24) is 49.8 Å². The molecule has 0 aliphatic carbocycles. The topological polar surface area (TPSA) is 143 Å². The van der Waals surface area contributed by atoms with E-state index in [1.165, 1.54) is 22.6 Å². The molecule has 10 aromatic rings. The number of rotatable bonds is 0. The molecule has 0 atom stereocenters. The van der Waals surface area contributed by atoms with Crippen molar-refractivity contribution in [3.63, 3.8) is 0 Å². The fourth-order valence-corrected chi connectivity index (χ4v) is 4.46. The monoisotopic (exact) mass is 590 g/mol. The zero-order valence-corrected chi connectivity index (χ0v) is 24.2. The summed E-state index contributed by atoms with van der Waals surface area (Å²) in [5.41, 5.74) is 5.29. The molecule has 0 amide bonds. The van der Waals surface area contributed by atoms with Crippen molar-refractivity contribution in [2.24, 2.45) is 0 Å². The van der Waals surface area contributed by atoms with E-state index in [1.54, 1.807) is 24.8 Å². The Morgan fingerprint density at radius 2 is 0.933 bits per heavy atom. The maximum absolute atomic E-state index is 4.09. The van der Waals surface area contributed by atoms with Gasteiger partial charge in [0.05, 0.1) is 11.7 Å². The predicted molar refractivity (Wildman–Crippen MR) is 180 cm³/mol. The Morgan fingerprint density at radius 1 is 0.356 bits per heavy atom. The minimum absolute atomic E-state index is 0.894. The number of nitrogens with one attached hydrogen (secondary N) is 5. The highest BCUT2D eigenvalue weighted by atomic mass is 14.9. The van der Waals surface area contributed by atoms with Gasteiger partial charge in [-0.25, -0.2) is 15.0 Å². The summed E-state index contributed by atoms with van der Waals surface area (Å²) in [4.78, 5) is 35.1. The van der Waals surface area contributed by atoms with E-state index < -0.39 is 0 Å². The summed E-state index contributed by atoms with van der Waals surface area (Å²) in [6, 6.07) is 26.1. The molecule has 0 aliphatic rings. The highest BCUT2D eigenvalue weighted by Crippen LogP contribution is 2.10. The van der Waals surface area contributed by atoms with Crippen molar-refractivity contribution < 1.29 is 0 Å². The summed E-state index contributed by atoms with van der Waals surface area (Å²) < 4.78 is 0. The molecule has 0 aliphatic heterocycles. The lowest BCUT2D eigenvalue weighted by Crippen LogP contribution is -1.75. The van der Waals surface area contributed by atoms with E-state index in [0.29, 0.717) is 0 Å². The number of pyridine rings is 3. The predicted octanol–water partition coefficient (Wildman–Crippen LogP) is 7.81. The second-order valence-corrected chi connectivity index (χ2v) is 9.67. The highest BCUT2D eigenvalue weighted by molar-refractivity contribution is 5.79. The van der Waals surface area contributed by atoms with Gasteiger partial charge in [0, 0.05) is 94.5 Å². The fourth-order valence-electron chi connectivity index (χ4n) is 4.46. The van der Waals surface area contributed by atoms with Crippen LogP contribution in [0.1, 0.15) is 0 Å². The van der Waals surface area contributed by atoms with E-state index in [1.807, 2.05) is 104 Å². The molecular formula is C35H30N10. The Labute approximate surface area is 257 Å². The van der Waals surface area contributed by atoms with Gasteiger partial charge in [0.2, 0.25) is 0 Å². The van der Waals surface area contributed by atoms with Crippen molar-refractivity contribution in [3.05, 3.63) is 153 Å². The molecule has 10 rings (SSSR count). The molecule has 0 spiro atoms. The van der Waals surface area contributed by atoms with Gasteiger partial charge in [-0.3, -0.25) is 9.97 Å². The van der Waals surface area contributed by atoms with Crippen LogP contribution < -0.4 is 0 Å². The standard InChI is InChI=1S/C8H7N.3C7H6N2.C6H5N3/c1-2-4-8-7(3-1)5-6-9-8;1-4-9-7-2-3-8-5-6(1)7;1-3-8-5-7-6(1)2-4-9-7;1-2-6-3-5-9-7(6)8-4-1;1-2-8-6-5(1)3-7-4-9-6/h1-6,9H;2*1-5,9H;1-5H,(H,8,9);1-4H,(H,7,8,9). The van der Waals surface area contributed by atoms with Crippen LogP contribution in [0.25, 0.3) is 54.8 Å². The maximum Gasteiger partial charge on any atom is 0.140 e. The molecular weight excluding hydrogens is 560 g/mol. The number of nitrogens with zero attached hydrogens (tertiary/aromatic N) is 5. The van der Waals surface area contributed by atoms with Crippen LogP contribution in [0, 0.1) is 0 Å². The van der Waals surface area contributed by atoms with Crippen LogP contribution >= 0.6 is 0 Å². The lowest BCUT2D eigenvalue weighted by atomic mass is 10.3. The largest absolute Gasteiger partial charge is 0.361 e. The van der Waals surface area contributed by atoms with Gasteiger partial charge in [0.1, 0.15) is 17.6 Å². The van der Waals surface area contributed by atoms with Crippen molar-refractivity contribution in [1.29, 1.82) is 0 Å². The minimum Gasteiger partial charge on any atom is -0.361 e. The van der Waals surface area contributed by atoms with Crippen molar-refractivity contribution in [3.8, 4) is 0 Å². The molecule has 0 radical (unpaired) electrons. The number of H-pyrrole nitrogens is 5. The number of aromatic nitrogens is 10. The number of benzene rings is 1. The van der Waals surface area contributed by atoms with Crippen LogP contribution in [0.15, 0.2) is 153 Å². The third-order valence-electron chi connectivity index (χ3n) is 6.72. The molecule has 0 unspecified atom stereocenters. The quantitative estimate of drug-likeness (QED) is 0.122. The van der Waals surface area contributed by atoms with Crippen molar-refractivity contribution in [2.75, 3.05) is 0 Å². The van der Waals surface area contributed by atoms with Gasteiger partial charge >= 0.3 is 0 Å². The zero-order valence-electron chi connectivity index (χ0n) is 24.2. The molecule has 5 N–H and O–H groups in total. The number of para-hydroxylation sites is 1. The summed E-state index contributed by atoms with van der Waals surface area (Å²) in [6.45, 7) is 0. The number of hydrogen-bond acceptors (Lipinski definition) is 5. The fraction of sp³-hybridized carbons (Fsp3) is 0. The van der Waals surface area contributed by atoms with Crippen LogP contribution in [0.5, 0.6) is 0 Å². The van der Waals surface area contributed by atoms with E-state index in [0.717, 1.165) is 38.5 Å². The molecule has 10 heteroatoms. The molecule has 220 valence electrons. The smallest absolute Gasteiger partial charge is 0.140 e. The van der Waals surface area contributed by atoms with Crippen molar-refractivity contribution >= 4 is 54.8 Å². The molecule has 9 heterocycles. The lowest BCUT2D eigenvalue weighted by molar-refractivity contribution is 1.20. The summed E-state index contributed by atoms with van der Waals surface area (Å²) in [7, 11) is 0. The Balaban J connectivity index is 0.0000000992. The minimum atomic E-state index is 0.894. The first kappa shape index (κ1) is 28.6. The third-order valence-corrected chi connectivity index (χ3v) is 6.72. The van der Waals surface area contributed by atoms with Gasteiger partial charge in [-0.1, -0.05) is 18.2 Å². The van der Waals surface area contributed by atoms with E-state index in [2.05, 4.69) is 68.0 Å². The van der Waals surface area contributed by atoms with Gasteiger partial charge < -0.3 is 24.9 Å². The zero-order chi connectivity index (χ0) is 30.5. The van der Waals surface area contributed by atoms with Crippen LogP contribution in [-0.4, -0.2) is 49.8 Å². The Morgan fingerprint density at radius 3 is 1.69 bits per heavy atom. The van der Waals surface area contributed by atoms with Gasteiger partial charge in [-0.15, -0.1) is 0 Å². The molecule has 10 nitrogen and oxygen atoms in total. The second kappa shape index (κ2) is 14.6. The molecule has 9 aromatic heterocycles. The molecule has 45 heavy (non-hydrogen) atoms. The van der Waals surface area contributed by atoms with Gasteiger partial charge in [-0.05, 0) is 66.0 Å². The van der Waals surface area contributed by atoms with Gasteiger partial charge in [0.15, 0.2) is 0 Å². The average molecular weight is 591 g/mol. The van der Waals surface area contributed by atoms with E-state index >= 15 is 0 Å². The Bertz CT molecular complexity index is 1790. The van der Waals surface area contributed by atoms with E-state index in [4.69, 9.17) is 0 Å². The summed E-state index contributed by atoms with van der Waals surface area (Å²) >= 11 is 0. The van der Waals surface area contributed by atoms with Crippen LogP contribution in [0.2, 0.25) is 0 Å². The van der Waals surface area contributed by atoms with Crippen LogP contribution in [0.4, 0.5) is 0 Å². The van der Waals surface area contributed by atoms with Crippen molar-refractivity contribution in [2.45, 2.75) is 0 Å². The molecule has 0 saturated heterocycles. The normalized spacial score (nSPS) is 10.2. The lowest BCUT2D eigenvalue weighted by Gasteiger charge is -1.83. The van der Waals surface area contributed by atoms with E-state index in [9.17, 15) is 0 Å². The second-order valence-electron chi connectivity index (χ2n) is 9.67. The summed E-state index contributed by atoms with van der Waals surface area (Å²) in [5, 5.41) is 5.87. The van der Waals surface area contributed by atoms with Crippen LogP contribution in [-0.2, 0) is 0 Å². The summed E-state index contributed by atoms with van der Waals surface area (Å²) in [6.07, 6.45) is 21.8. The number of hydrogen-bond donors (Lipinski definition) is 5. The van der Waals surface area contributed by atoms with Crippen LogP contribution in [0.3, 0.4) is 0 Å². The number of aromatic amines is 5. The Kier molecular flexibility index (Phi) is 9.24. The molecule has 0 bridgehead atoms. The number of fused-ring (bicyclic) bond motifs is 5. The molecule has 0 saturated carbocycles. The molecule has 0 fully saturated rings. The maximum atomic E-state index is 4.09. The van der Waals surface area contributed by atoms with E-state index in [-0.39, 0.29) is 0 Å². The first-order valence-corrected chi connectivity index (χ1v) is 14.2. The van der Waals surface area contributed by atoms with Gasteiger partial charge in [0.25, 0.3) is 0 Å². The third kappa shape index (κ3) is 7.65. The average Bonchev–Trinajstić information content (AvgIpc) is 3.95. The first-order chi connectivity index (χ1) is 22.3. The highest BCUT2D eigenvalue weighted by Gasteiger charge is 1.91. The first-order valence-electron chi connectivity index (χ1n) is 14.2. The summed E-state index contributed by atoms with van der Waals surface area (Å²) in [5.74, 6) is 0. The SMILES string of the molecule is c1cc2[nH]ccc2cn1.c1cc2cc[nH]c2cn1.c1ccc2[nH]ccc2c1.c1cnc2[nH]ccc2c1.c1ncc2cc[nH]c2n1.